The first-order chi connectivity index (χ1) is 4.83. The van der Waals surface area contributed by atoms with Crippen LogP contribution in [-0.4, -0.2) is 13.1 Å². The summed E-state index contributed by atoms with van der Waals surface area (Å²) in [6, 6.07) is 0. The Hall–Kier alpha value is -0.790. The quantitative estimate of drug-likeness (QED) is 0.429. The third-order valence-electron chi connectivity index (χ3n) is 1.77. The smallest absolute Gasteiger partial charge is 0.306 e. The molecule has 0 aromatic carbocycles. The number of ether oxygens (including phenoxy) is 1. The molecule has 0 heterocycles. The number of allylic oxidation sites excluding steroid dienone is 2. The first-order valence-electron chi connectivity index (χ1n) is 3.56. The molecule has 1 atom stereocenters. The summed E-state index contributed by atoms with van der Waals surface area (Å²) in [7, 11) is 1.43. The molecule has 1 aliphatic carbocycles. The van der Waals surface area contributed by atoms with Gasteiger partial charge in [0.15, 0.2) is 0 Å². The van der Waals surface area contributed by atoms with Gasteiger partial charge >= 0.3 is 5.97 Å². The molecule has 0 saturated carbocycles. The molecule has 2 heteroatoms. The van der Waals surface area contributed by atoms with E-state index in [0.717, 1.165) is 12.8 Å². The van der Waals surface area contributed by atoms with Gasteiger partial charge in [0, 0.05) is 0 Å². The maximum absolute atomic E-state index is 10.7. The Morgan fingerprint density at radius 3 is 3.10 bits per heavy atom. The van der Waals surface area contributed by atoms with Crippen LogP contribution in [0.25, 0.3) is 0 Å². The Morgan fingerprint density at radius 1 is 1.80 bits per heavy atom. The monoisotopic (exact) mass is 140 g/mol. The summed E-state index contributed by atoms with van der Waals surface area (Å²) in [5, 5.41) is 0. The minimum absolute atomic E-state index is 0.100. The molecule has 0 aliphatic heterocycles. The van der Waals surface area contributed by atoms with Crippen molar-refractivity contribution in [3.63, 3.8) is 0 Å². The van der Waals surface area contributed by atoms with E-state index in [1.165, 1.54) is 7.11 Å². The molecule has 0 saturated heterocycles. The maximum Gasteiger partial charge on any atom is 0.306 e. The average molecular weight is 140 g/mol. The fraction of sp³-hybridized carbons (Fsp3) is 0.625. The van der Waals surface area contributed by atoms with Crippen molar-refractivity contribution in [2.75, 3.05) is 7.11 Å². The van der Waals surface area contributed by atoms with Crippen LogP contribution in [0.4, 0.5) is 0 Å². The van der Waals surface area contributed by atoms with Crippen molar-refractivity contribution >= 4 is 5.97 Å². The molecule has 0 aromatic rings. The summed E-state index contributed by atoms with van der Waals surface area (Å²) in [6.07, 6.45) is 6.98. The molecule has 0 aromatic heterocycles. The molecule has 0 unspecified atom stereocenters. The fourth-order valence-corrected chi connectivity index (χ4v) is 1.16. The zero-order valence-corrected chi connectivity index (χ0v) is 6.17. The van der Waals surface area contributed by atoms with Crippen LogP contribution in [0.15, 0.2) is 12.2 Å². The summed E-state index contributed by atoms with van der Waals surface area (Å²) in [5.74, 6) is 0.337. The van der Waals surface area contributed by atoms with Crippen molar-refractivity contribution < 1.29 is 9.53 Å². The van der Waals surface area contributed by atoms with Gasteiger partial charge in [-0.25, -0.2) is 0 Å². The van der Waals surface area contributed by atoms with E-state index < -0.39 is 0 Å². The molecular formula is C8H12O2. The number of esters is 1. The van der Waals surface area contributed by atoms with Crippen LogP contribution >= 0.6 is 0 Å². The summed E-state index contributed by atoms with van der Waals surface area (Å²) >= 11 is 0. The van der Waals surface area contributed by atoms with Gasteiger partial charge in [0.25, 0.3) is 0 Å². The molecule has 0 bridgehead atoms. The maximum atomic E-state index is 10.7. The van der Waals surface area contributed by atoms with Gasteiger partial charge < -0.3 is 4.74 Å². The van der Waals surface area contributed by atoms with Crippen molar-refractivity contribution in [3.05, 3.63) is 12.2 Å². The van der Waals surface area contributed by atoms with Crippen molar-refractivity contribution in [3.8, 4) is 0 Å². The molecule has 0 spiro atoms. The molecule has 2 nitrogen and oxygen atoms in total. The molecule has 0 fully saturated rings. The van der Waals surface area contributed by atoms with Crippen molar-refractivity contribution in [1.29, 1.82) is 0 Å². The Bertz CT molecular complexity index is 149. The predicted molar refractivity (Wildman–Crippen MR) is 38.5 cm³/mol. The highest BCUT2D eigenvalue weighted by atomic mass is 16.5. The molecule has 1 rings (SSSR count). The van der Waals surface area contributed by atoms with Gasteiger partial charge in [0.2, 0.25) is 0 Å². The van der Waals surface area contributed by atoms with Gasteiger partial charge in [-0.1, -0.05) is 12.2 Å². The second-order valence-corrected chi connectivity index (χ2v) is 2.55. The average Bonchev–Trinajstić information content (AvgIpc) is 2.40. The minimum Gasteiger partial charge on any atom is -0.469 e. The summed E-state index contributed by atoms with van der Waals surface area (Å²) in [5.41, 5.74) is 0. The summed E-state index contributed by atoms with van der Waals surface area (Å²) in [4.78, 5) is 10.7. The summed E-state index contributed by atoms with van der Waals surface area (Å²) in [6.45, 7) is 0. The fourth-order valence-electron chi connectivity index (χ4n) is 1.16. The predicted octanol–water partition coefficient (Wildman–Crippen LogP) is 1.52. The molecule has 10 heavy (non-hydrogen) atoms. The van der Waals surface area contributed by atoms with E-state index in [4.69, 9.17) is 0 Å². The Kier molecular flexibility index (Phi) is 2.49. The molecular weight excluding hydrogens is 128 g/mol. The highest BCUT2D eigenvalue weighted by molar-refractivity contribution is 5.69. The van der Waals surface area contributed by atoms with Gasteiger partial charge in [-0.05, 0) is 18.8 Å². The standard InChI is InChI=1S/C8H12O2/c1-10-8(9)6-7-4-2-3-5-7/h2,4,7H,3,5-6H2,1H3/t7-/m1/s1. The van der Waals surface area contributed by atoms with E-state index in [9.17, 15) is 4.79 Å². The lowest BCUT2D eigenvalue weighted by Crippen LogP contribution is -2.05. The van der Waals surface area contributed by atoms with Gasteiger partial charge in [0.05, 0.1) is 13.5 Å². The second-order valence-electron chi connectivity index (χ2n) is 2.55. The lowest BCUT2D eigenvalue weighted by atomic mass is 10.1. The van der Waals surface area contributed by atoms with Gasteiger partial charge in [0.1, 0.15) is 0 Å². The van der Waals surface area contributed by atoms with Crippen LogP contribution in [0.1, 0.15) is 19.3 Å². The number of methoxy groups -OCH3 is 1. The van der Waals surface area contributed by atoms with Crippen LogP contribution in [0.3, 0.4) is 0 Å². The number of hydrogen-bond donors (Lipinski definition) is 0. The lowest BCUT2D eigenvalue weighted by Gasteiger charge is -2.03. The molecule has 0 radical (unpaired) electrons. The van der Waals surface area contributed by atoms with E-state index in [0.29, 0.717) is 12.3 Å². The third-order valence-corrected chi connectivity index (χ3v) is 1.77. The van der Waals surface area contributed by atoms with Gasteiger partial charge in [-0.15, -0.1) is 0 Å². The van der Waals surface area contributed by atoms with Crippen molar-refractivity contribution in [2.45, 2.75) is 19.3 Å². The number of carbonyl (C=O) groups excluding carboxylic acids is 1. The van der Waals surface area contributed by atoms with Gasteiger partial charge in [-0.3, -0.25) is 4.79 Å². The number of carbonyl (C=O) groups is 1. The first kappa shape index (κ1) is 7.32. The molecule has 0 N–H and O–H groups in total. The SMILES string of the molecule is COC(=O)C[C@@H]1C=CCC1. The van der Waals surface area contributed by atoms with Crippen LogP contribution in [-0.2, 0) is 9.53 Å². The topological polar surface area (TPSA) is 26.3 Å². The molecule has 1 aliphatic rings. The zero-order chi connectivity index (χ0) is 7.40. The largest absolute Gasteiger partial charge is 0.469 e. The Balaban J connectivity index is 2.24. The van der Waals surface area contributed by atoms with Crippen molar-refractivity contribution in [2.24, 2.45) is 5.92 Å². The van der Waals surface area contributed by atoms with Crippen LogP contribution in [0.5, 0.6) is 0 Å². The van der Waals surface area contributed by atoms with Gasteiger partial charge in [-0.2, -0.15) is 0 Å². The van der Waals surface area contributed by atoms with E-state index in [1.54, 1.807) is 0 Å². The summed E-state index contributed by atoms with van der Waals surface area (Å²) < 4.78 is 4.54. The lowest BCUT2D eigenvalue weighted by molar-refractivity contribution is -0.141. The third kappa shape index (κ3) is 1.87. The second kappa shape index (κ2) is 3.40. The minimum atomic E-state index is -0.100. The highest BCUT2D eigenvalue weighted by Crippen LogP contribution is 2.20. The number of hydrogen-bond acceptors (Lipinski definition) is 2. The van der Waals surface area contributed by atoms with E-state index in [-0.39, 0.29) is 5.97 Å². The van der Waals surface area contributed by atoms with E-state index >= 15 is 0 Å². The highest BCUT2D eigenvalue weighted by Gasteiger charge is 2.13. The Labute approximate surface area is 60.9 Å². The number of rotatable bonds is 2. The first-order valence-corrected chi connectivity index (χ1v) is 3.56. The normalized spacial score (nSPS) is 23.1. The van der Waals surface area contributed by atoms with Crippen molar-refractivity contribution in [1.82, 2.24) is 0 Å². The zero-order valence-electron chi connectivity index (χ0n) is 6.17. The molecule has 0 amide bonds. The van der Waals surface area contributed by atoms with E-state index in [1.807, 2.05) is 0 Å². The van der Waals surface area contributed by atoms with Crippen LogP contribution in [0, 0.1) is 5.92 Å². The van der Waals surface area contributed by atoms with Crippen LogP contribution in [0.2, 0.25) is 0 Å². The van der Waals surface area contributed by atoms with E-state index in [2.05, 4.69) is 16.9 Å². The molecule has 56 valence electrons. The Morgan fingerprint density at radius 2 is 2.60 bits per heavy atom. The van der Waals surface area contributed by atoms with Crippen LogP contribution < -0.4 is 0 Å².